The molecule has 1 N–H and O–H groups in total. The van der Waals surface area contributed by atoms with Gasteiger partial charge in [0.15, 0.2) is 6.29 Å². The van der Waals surface area contributed by atoms with Crippen LogP contribution < -0.4 is 5.32 Å². The molecule has 0 amide bonds. The largest absolute Gasteiger partial charge is 0.493 e. The maximum atomic E-state index is 5.44. The number of hydrogen-bond donors (Lipinski definition) is 1. The number of hydrogen-bond acceptors (Lipinski definition) is 4. The molecule has 0 spiro atoms. The van der Waals surface area contributed by atoms with Gasteiger partial charge >= 0.3 is 0 Å². The minimum Gasteiger partial charge on any atom is -0.493 e. The molecule has 0 atom stereocenters. The van der Waals surface area contributed by atoms with E-state index < -0.39 is 0 Å². The van der Waals surface area contributed by atoms with Crippen molar-refractivity contribution in [2.45, 2.75) is 12.7 Å². The maximum Gasteiger partial charge on any atom is 0.160 e. The average Bonchev–Trinajstić information content (AvgIpc) is 2.28. The molecule has 0 saturated carbocycles. The Hall–Kier alpha value is -0.840. The van der Waals surface area contributed by atoms with Gasteiger partial charge in [-0.3, -0.25) is 0 Å². The highest BCUT2D eigenvalue weighted by molar-refractivity contribution is 5.08. The van der Waals surface area contributed by atoms with E-state index in [4.69, 9.17) is 14.2 Å². The average molecular weight is 215 g/mol. The Bertz CT molecular complexity index is 188. The molecule has 0 aliphatic heterocycles. The van der Waals surface area contributed by atoms with Crippen molar-refractivity contribution in [3.8, 4) is 0 Å². The first-order valence-corrected chi connectivity index (χ1v) is 4.94. The number of allylic oxidation sites excluding steroid dienone is 1. The molecule has 0 fully saturated rings. The molecule has 0 aromatic heterocycles. The first kappa shape index (κ1) is 14.2. The molecule has 0 aliphatic rings. The molecule has 0 radical (unpaired) electrons. The van der Waals surface area contributed by atoms with E-state index >= 15 is 0 Å². The Morgan fingerprint density at radius 2 is 2.07 bits per heavy atom. The van der Waals surface area contributed by atoms with Crippen LogP contribution in [0.2, 0.25) is 0 Å². The second-order valence-electron chi connectivity index (χ2n) is 2.90. The zero-order valence-electron chi connectivity index (χ0n) is 9.79. The van der Waals surface area contributed by atoms with Gasteiger partial charge in [0.1, 0.15) is 12.4 Å². The molecule has 4 nitrogen and oxygen atoms in total. The lowest BCUT2D eigenvalue weighted by atomic mass is 10.3. The normalized spacial score (nSPS) is 11.9. The number of nitrogens with one attached hydrogen (secondary N) is 1. The highest BCUT2D eigenvalue weighted by Crippen LogP contribution is 2.05. The summed E-state index contributed by atoms with van der Waals surface area (Å²) < 4.78 is 15.5. The second-order valence-corrected chi connectivity index (χ2v) is 2.90. The van der Waals surface area contributed by atoms with Crippen LogP contribution in [-0.2, 0) is 14.2 Å². The predicted molar refractivity (Wildman–Crippen MR) is 60.6 cm³/mol. The molecule has 0 aromatic carbocycles. The fourth-order valence-electron chi connectivity index (χ4n) is 0.973. The van der Waals surface area contributed by atoms with E-state index in [1.165, 1.54) is 0 Å². The Balaban J connectivity index is 3.92. The summed E-state index contributed by atoms with van der Waals surface area (Å²) in [5, 5.41) is 3.00. The first-order valence-electron chi connectivity index (χ1n) is 4.94. The van der Waals surface area contributed by atoms with Gasteiger partial charge in [-0.2, -0.15) is 0 Å². The van der Waals surface area contributed by atoms with E-state index in [2.05, 4.69) is 11.9 Å². The van der Waals surface area contributed by atoms with E-state index in [9.17, 15) is 0 Å². The molecule has 88 valence electrons. The van der Waals surface area contributed by atoms with E-state index in [1.807, 2.05) is 13.1 Å². The van der Waals surface area contributed by atoms with E-state index in [-0.39, 0.29) is 6.29 Å². The van der Waals surface area contributed by atoms with Crippen LogP contribution in [0.1, 0.15) is 6.42 Å². The van der Waals surface area contributed by atoms with Crippen molar-refractivity contribution in [1.82, 2.24) is 5.32 Å². The number of ether oxygens (including phenoxy) is 3. The molecule has 0 bridgehead atoms. The molecular weight excluding hydrogens is 194 g/mol. The van der Waals surface area contributed by atoms with Gasteiger partial charge in [0.05, 0.1) is 0 Å². The second kappa shape index (κ2) is 9.71. The van der Waals surface area contributed by atoms with Crippen LogP contribution >= 0.6 is 0 Å². The van der Waals surface area contributed by atoms with Crippen LogP contribution in [0, 0.1) is 0 Å². The van der Waals surface area contributed by atoms with Crippen LogP contribution in [0.5, 0.6) is 0 Å². The lowest BCUT2D eigenvalue weighted by Gasteiger charge is -2.11. The zero-order chi connectivity index (χ0) is 11.5. The molecule has 15 heavy (non-hydrogen) atoms. The van der Waals surface area contributed by atoms with E-state index in [0.717, 1.165) is 12.3 Å². The zero-order valence-corrected chi connectivity index (χ0v) is 9.79. The van der Waals surface area contributed by atoms with Crippen molar-refractivity contribution in [1.29, 1.82) is 0 Å². The SMILES string of the molecule is C=C/C(=C\CC(OC)OC)OCCNC. The van der Waals surface area contributed by atoms with Crippen LogP contribution in [0.3, 0.4) is 0 Å². The first-order chi connectivity index (χ1) is 7.28. The number of rotatable bonds is 9. The van der Waals surface area contributed by atoms with Crippen LogP contribution in [-0.4, -0.2) is 40.7 Å². The van der Waals surface area contributed by atoms with Gasteiger partial charge in [-0.05, 0) is 19.2 Å². The quantitative estimate of drug-likeness (QED) is 0.272. The van der Waals surface area contributed by atoms with Gasteiger partial charge in [-0.15, -0.1) is 0 Å². The minimum atomic E-state index is -0.229. The van der Waals surface area contributed by atoms with Crippen LogP contribution in [0.4, 0.5) is 0 Å². The van der Waals surface area contributed by atoms with E-state index in [1.54, 1.807) is 20.3 Å². The Morgan fingerprint density at radius 1 is 1.40 bits per heavy atom. The summed E-state index contributed by atoms with van der Waals surface area (Å²) in [4.78, 5) is 0. The summed E-state index contributed by atoms with van der Waals surface area (Å²) >= 11 is 0. The molecule has 4 heteroatoms. The molecule has 0 rings (SSSR count). The summed E-state index contributed by atoms with van der Waals surface area (Å²) in [5.41, 5.74) is 0. The van der Waals surface area contributed by atoms with Gasteiger partial charge in [-0.1, -0.05) is 6.58 Å². The molecular formula is C11H21NO3. The number of methoxy groups -OCH3 is 2. The summed E-state index contributed by atoms with van der Waals surface area (Å²) in [7, 11) is 5.10. The number of likely N-dealkylation sites (N-methyl/N-ethyl adjacent to an activating group) is 1. The third-order valence-electron chi connectivity index (χ3n) is 1.86. The van der Waals surface area contributed by atoms with Gasteiger partial charge in [0.25, 0.3) is 0 Å². The Morgan fingerprint density at radius 3 is 2.53 bits per heavy atom. The molecule has 0 aromatic rings. The summed E-state index contributed by atoms with van der Waals surface area (Å²) in [6.07, 6.45) is 4.00. The fourth-order valence-corrected chi connectivity index (χ4v) is 0.973. The molecule has 0 unspecified atom stereocenters. The van der Waals surface area contributed by atoms with E-state index in [0.29, 0.717) is 13.0 Å². The lowest BCUT2D eigenvalue weighted by molar-refractivity contribution is -0.0989. The highest BCUT2D eigenvalue weighted by Gasteiger charge is 2.02. The van der Waals surface area contributed by atoms with Crippen molar-refractivity contribution in [2.75, 3.05) is 34.4 Å². The van der Waals surface area contributed by atoms with Crippen molar-refractivity contribution in [3.63, 3.8) is 0 Å². The predicted octanol–water partition coefficient (Wildman–Crippen LogP) is 1.30. The van der Waals surface area contributed by atoms with Crippen molar-refractivity contribution in [2.24, 2.45) is 0 Å². The molecule has 0 saturated heterocycles. The fraction of sp³-hybridized carbons (Fsp3) is 0.636. The van der Waals surface area contributed by atoms with Crippen molar-refractivity contribution in [3.05, 3.63) is 24.5 Å². The highest BCUT2D eigenvalue weighted by atomic mass is 16.7. The van der Waals surface area contributed by atoms with Crippen molar-refractivity contribution < 1.29 is 14.2 Å². The van der Waals surface area contributed by atoms with Gasteiger partial charge in [0.2, 0.25) is 0 Å². The van der Waals surface area contributed by atoms with Crippen LogP contribution in [0.15, 0.2) is 24.5 Å². The third kappa shape index (κ3) is 7.13. The lowest BCUT2D eigenvalue weighted by Crippen LogP contribution is -2.14. The standard InChI is InChI=1S/C11H21NO3/c1-5-10(15-9-8-12-2)6-7-11(13-3)14-4/h5-6,11-12H,1,7-9H2,2-4H3/b10-6+. The molecule has 0 heterocycles. The smallest absolute Gasteiger partial charge is 0.160 e. The van der Waals surface area contributed by atoms with Crippen molar-refractivity contribution >= 4 is 0 Å². The topological polar surface area (TPSA) is 39.7 Å². The van der Waals surface area contributed by atoms with Gasteiger partial charge in [-0.25, -0.2) is 0 Å². The third-order valence-corrected chi connectivity index (χ3v) is 1.86. The van der Waals surface area contributed by atoms with Crippen LogP contribution in [0.25, 0.3) is 0 Å². The molecule has 0 aliphatic carbocycles. The van der Waals surface area contributed by atoms with Gasteiger partial charge in [0, 0.05) is 27.2 Å². The Labute approximate surface area is 91.9 Å². The van der Waals surface area contributed by atoms with Gasteiger partial charge < -0.3 is 19.5 Å². The summed E-state index contributed by atoms with van der Waals surface area (Å²) in [5.74, 6) is 0.754. The summed E-state index contributed by atoms with van der Waals surface area (Å²) in [6, 6.07) is 0. The maximum absolute atomic E-state index is 5.44. The minimum absolute atomic E-state index is 0.229. The summed E-state index contributed by atoms with van der Waals surface area (Å²) in [6.45, 7) is 5.11. The Kier molecular flexibility index (Phi) is 9.16. The monoisotopic (exact) mass is 215 g/mol.